The maximum Gasteiger partial charge on any atom is 0.251 e. The van der Waals surface area contributed by atoms with Gasteiger partial charge in [-0.3, -0.25) is 19.3 Å². The molecule has 0 aliphatic carbocycles. The van der Waals surface area contributed by atoms with Crippen molar-refractivity contribution in [1.29, 1.82) is 0 Å². The maximum absolute atomic E-state index is 11.9. The van der Waals surface area contributed by atoms with Crippen molar-refractivity contribution in [2.24, 2.45) is 0 Å². The van der Waals surface area contributed by atoms with E-state index in [1.54, 1.807) is 19.2 Å². The number of piperidine rings is 1. The predicted molar refractivity (Wildman–Crippen MR) is 77.5 cm³/mol. The summed E-state index contributed by atoms with van der Waals surface area (Å²) in [6, 6.07) is 6.85. The highest BCUT2D eigenvalue weighted by atomic mass is 16.2. The van der Waals surface area contributed by atoms with Gasteiger partial charge in [0.15, 0.2) is 0 Å². The van der Waals surface area contributed by atoms with Gasteiger partial charge in [0, 0.05) is 32.6 Å². The Kier molecular flexibility index (Phi) is 4.70. The average molecular weight is 289 g/mol. The van der Waals surface area contributed by atoms with Crippen molar-refractivity contribution in [1.82, 2.24) is 15.5 Å². The van der Waals surface area contributed by atoms with Crippen LogP contribution in [0.2, 0.25) is 0 Å². The molecular weight excluding hydrogens is 270 g/mol. The summed E-state index contributed by atoms with van der Waals surface area (Å²) in [6.07, 6.45) is 0.911. The number of imide groups is 1. The third-order valence-electron chi connectivity index (χ3n) is 3.65. The number of nitrogens with one attached hydrogen (secondary N) is 2. The summed E-state index contributed by atoms with van der Waals surface area (Å²) in [6.45, 7) is 0.520. The molecule has 6 nitrogen and oxygen atoms in total. The van der Waals surface area contributed by atoms with E-state index in [-0.39, 0.29) is 23.8 Å². The molecule has 0 spiro atoms. The van der Waals surface area contributed by atoms with Crippen LogP contribution in [0.3, 0.4) is 0 Å². The molecule has 1 aliphatic heterocycles. The van der Waals surface area contributed by atoms with E-state index in [1.807, 2.05) is 12.1 Å². The Labute approximate surface area is 123 Å². The average Bonchev–Trinajstić information content (AvgIpc) is 2.52. The van der Waals surface area contributed by atoms with Crippen LogP contribution in [-0.4, -0.2) is 42.8 Å². The largest absolute Gasteiger partial charge is 0.355 e. The summed E-state index contributed by atoms with van der Waals surface area (Å²) in [4.78, 5) is 35.9. The number of hydrogen-bond donors (Lipinski definition) is 2. The number of rotatable bonds is 4. The summed E-state index contributed by atoms with van der Waals surface area (Å²) < 4.78 is 0. The fourth-order valence-electron chi connectivity index (χ4n) is 2.26. The van der Waals surface area contributed by atoms with Crippen LogP contribution in [0.15, 0.2) is 24.3 Å². The molecule has 1 aliphatic rings. The first-order chi connectivity index (χ1) is 10.0. The first-order valence-electron chi connectivity index (χ1n) is 6.87. The Morgan fingerprint density at radius 1 is 1.29 bits per heavy atom. The lowest BCUT2D eigenvalue weighted by Crippen LogP contribution is -2.51. The highest BCUT2D eigenvalue weighted by molar-refractivity contribution is 6.00. The van der Waals surface area contributed by atoms with E-state index in [0.29, 0.717) is 24.9 Å². The zero-order chi connectivity index (χ0) is 15.4. The van der Waals surface area contributed by atoms with E-state index in [9.17, 15) is 14.4 Å². The van der Waals surface area contributed by atoms with Crippen molar-refractivity contribution >= 4 is 17.7 Å². The van der Waals surface area contributed by atoms with Gasteiger partial charge in [-0.1, -0.05) is 12.1 Å². The summed E-state index contributed by atoms with van der Waals surface area (Å²) >= 11 is 0. The lowest BCUT2D eigenvalue weighted by Gasteiger charge is -2.28. The van der Waals surface area contributed by atoms with Gasteiger partial charge >= 0.3 is 0 Å². The normalized spacial score (nSPS) is 18.8. The summed E-state index contributed by atoms with van der Waals surface area (Å²) in [5.74, 6) is -0.446. The van der Waals surface area contributed by atoms with Crippen LogP contribution in [0.25, 0.3) is 0 Å². The number of hydrogen-bond acceptors (Lipinski definition) is 4. The van der Waals surface area contributed by atoms with Crippen molar-refractivity contribution in [3.63, 3.8) is 0 Å². The van der Waals surface area contributed by atoms with Gasteiger partial charge in [0.25, 0.3) is 5.91 Å². The third-order valence-corrected chi connectivity index (χ3v) is 3.65. The Balaban J connectivity index is 1.92. The number of amides is 3. The monoisotopic (exact) mass is 289 g/mol. The molecule has 6 heteroatoms. The van der Waals surface area contributed by atoms with Crippen LogP contribution in [-0.2, 0) is 16.1 Å². The molecule has 112 valence electrons. The SMILES string of the molecule is CNC(=O)c1ccc(CNC2CCC(=O)N(C)C2=O)cc1. The van der Waals surface area contributed by atoms with Gasteiger partial charge in [-0.2, -0.15) is 0 Å². The molecule has 1 heterocycles. The number of nitrogens with zero attached hydrogens (tertiary/aromatic N) is 1. The molecular formula is C15H19N3O3. The van der Waals surface area contributed by atoms with Gasteiger partial charge in [0.2, 0.25) is 11.8 Å². The Morgan fingerprint density at radius 3 is 2.57 bits per heavy atom. The highest BCUT2D eigenvalue weighted by Gasteiger charge is 2.31. The molecule has 1 unspecified atom stereocenters. The van der Waals surface area contributed by atoms with Crippen molar-refractivity contribution in [3.05, 3.63) is 35.4 Å². The summed E-state index contributed by atoms with van der Waals surface area (Å²) in [7, 11) is 3.10. The van der Waals surface area contributed by atoms with Crippen LogP contribution in [0.1, 0.15) is 28.8 Å². The highest BCUT2D eigenvalue weighted by Crippen LogP contribution is 2.12. The molecule has 21 heavy (non-hydrogen) atoms. The molecule has 1 saturated heterocycles. The summed E-state index contributed by atoms with van der Waals surface area (Å²) in [5.41, 5.74) is 1.58. The summed E-state index contributed by atoms with van der Waals surface area (Å²) in [5, 5.41) is 5.72. The molecule has 2 rings (SSSR count). The van der Waals surface area contributed by atoms with Gasteiger partial charge < -0.3 is 10.6 Å². The topological polar surface area (TPSA) is 78.5 Å². The standard InChI is InChI=1S/C15H19N3O3/c1-16-14(20)11-5-3-10(4-6-11)9-17-12-7-8-13(19)18(2)15(12)21/h3-6,12,17H,7-9H2,1-2H3,(H,16,20). The van der Waals surface area contributed by atoms with Crippen molar-refractivity contribution in [2.75, 3.05) is 14.1 Å². The van der Waals surface area contributed by atoms with Gasteiger partial charge in [0.1, 0.15) is 0 Å². The minimum absolute atomic E-state index is 0.128. The van der Waals surface area contributed by atoms with Crippen LogP contribution in [0.4, 0.5) is 0 Å². The molecule has 3 amide bonds. The lowest BCUT2D eigenvalue weighted by atomic mass is 10.0. The molecule has 0 bridgehead atoms. The molecule has 0 radical (unpaired) electrons. The number of carbonyl (C=O) groups is 3. The van der Waals surface area contributed by atoms with Gasteiger partial charge in [0.05, 0.1) is 6.04 Å². The Morgan fingerprint density at radius 2 is 1.95 bits per heavy atom. The fraction of sp³-hybridized carbons (Fsp3) is 0.400. The lowest BCUT2D eigenvalue weighted by molar-refractivity contribution is -0.148. The molecule has 1 aromatic carbocycles. The fourth-order valence-corrected chi connectivity index (χ4v) is 2.26. The first-order valence-corrected chi connectivity index (χ1v) is 6.87. The second kappa shape index (κ2) is 6.49. The maximum atomic E-state index is 11.9. The number of likely N-dealkylation sites (tertiary alicyclic amines) is 1. The minimum Gasteiger partial charge on any atom is -0.355 e. The van der Waals surface area contributed by atoms with E-state index >= 15 is 0 Å². The number of benzene rings is 1. The predicted octanol–water partition coefficient (Wildman–Crippen LogP) is 0.283. The Hall–Kier alpha value is -2.21. The van der Waals surface area contributed by atoms with E-state index in [1.165, 1.54) is 11.9 Å². The van der Waals surface area contributed by atoms with E-state index in [2.05, 4.69) is 10.6 Å². The minimum atomic E-state index is -0.327. The third kappa shape index (κ3) is 3.46. The molecule has 1 atom stereocenters. The quantitative estimate of drug-likeness (QED) is 0.781. The smallest absolute Gasteiger partial charge is 0.251 e. The van der Waals surface area contributed by atoms with Crippen molar-refractivity contribution in [2.45, 2.75) is 25.4 Å². The van der Waals surface area contributed by atoms with Gasteiger partial charge in [-0.15, -0.1) is 0 Å². The van der Waals surface area contributed by atoms with Crippen LogP contribution in [0.5, 0.6) is 0 Å². The Bertz CT molecular complexity index is 554. The molecule has 1 aromatic rings. The van der Waals surface area contributed by atoms with Gasteiger partial charge in [-0.25, -0.2) is 0 Å². The van der Waals surface area contributed by atoms with Crippen molar-refractivity contribution in [3.8, 4) is 0 Å². The van der Waals surface area contributed by atoms with E-state index < -0.39 is 0 Å². The molecule has 2 N–H and O–H groups in total. The molecule has 1 fully saturated rings. The number of carbonyl (C=O) groups excluding carboxylic acids is 3. The zero-order valence-corrected chi connectivity index (χ0v) is 12.2. The van der Waals surface area contributed by atoms with Crippen LogP contribution >= 0.6 is 0 Å². The second-order valence-corrected chi connectivity index (χ2v) is 5.04. The molecule has 0 aromatic heterocycles. The van der Waals surface area contributed by atoms with E-state index in [4.69, 9.17) is 0 Å². The molecule has 0 saturated carbocycles. The number of likely N-dealkylation sites (N-methyl/N-ethyl adjacent to an activating group) is 1. The zero-order valence-electron chi connectivity index (χ0n) is 12.2. The van der Waals surface area contributed by atoms with Crippen molar-refractivity contribution < 1.29 is 14.4 Å². The van der Waals surface area contributed by atoms with E-state index in [0.717, 1.165) is 5.56 Å². The van der Waals surface area contributed by atoms with Gasteiger partial charge in [-0.05, 0) is 24.1 Å². The van der Waals surface area contributed by atoms with Crippen LogP contribution < -0.4 is 10.6 Å². The first kappa shape index (κ1) is 15.2. The van der Waals surface area contributed by atoms with Crippen LogP contribution in [0, 0.1) is 0 Å². The second-order valence-electron chi connectivity index (χ2n) is 5.04.